The van der Waals surface area contributed by atoms with E-state index in [4.69, 9.17) is 4.74 Å². The van der Waals surface area contributed by atoms with Gasteiger partial charge in [0.15, 0.2) is 0 Å². The van der Waals surface area contributed by atoms with E-state index < -0.39 is 0 Å². The molecule has 0 saturated heterocycles. The molecule has 5 heteroatoms. The monoisotopic (exact) mass is 341 g/mol. The zero-order valence-corrected chi connectivity index (χ0v) is 15.4. The second-order valence-electron chi connectivity index (χ2n) is 6.43. The number of nitrogens with zero attached hydrogens (tertiary/aromatic N) is 1. The van der Waals surface area contributed by atoms with Gasteiger partial charge in [-0.05, 0) is 42.2 Å². The molecule has 2 N–H and O–H groups in total. The normalized spacial score (nSPS) is 12.0. The van der Waals surface area contributed by atoms with Gasteiger partial charge in [-0.2, -0.15) is 0 Å². The number of hydrogen-bond acceptors (Lipinski definition) is 4. The van der Waals surface area contributed by atoms with Crippen LogP contribution in [-0.4, -0.2) is 24.5 Å². The SMILES string of the molecule is COc1ccc(CNC(=O)CN[C@@H](c2ncccc2C)C(C)C)cc1. The Bertz CT molecular complexity index is 684. The van der Waals surface area contributed by atoms with Crippen molar-refractivity contribution in [2.45, 2.75) is 33.4 Å². The minimum Gasteiger partial charge on any atom is -0.497 e. The van der Waals surface area contributed by atoms with E-state index in [0.29, 0.717) is 12.5 Å². The number of amides is 1. The molecule has 5 nitrogen and oxygen atoms in total. The maximum atomic E-state index is 12.2. The zero-order chi connectivity index (χ0) is 18.2. The molecular weight excluding hydrogens is 314 g/mol. The lowest BCUT2D eigenvalue weighted by molar-refractivity contribution is -0.120. The number of ether oxygens (including phenoxy) is 1. The van der Waals surface area contributed by atoms with Crippen molar-refractivity contribution in [2.75, 3.05) is 13.7 Å². The topological polar surface area (TPSA) is 63.2 Å². The number of carbonyl (C=O) groups is 1. The van der Waals surface area contributed by atoms with Crippen LogP contribution in [0.5, 0.6) is 5.75 Å². The summed E-state index contributed by atoms with van der Waals surface area (Å²) in [6, 6.07) is 11.7. The quantitative estimate of drug-likeness (QED) is 0.775. The van der Waals surface area contributed by atoms with Crippen LogP contribution in [0.3, 0.4) is 0 Å². The molecule has 0 aliphatic rings. The molecule has 25 heavy (non-hydrogen) atoms. The maximum absolute atomic E-state index is 12.2. The molecule has 2 aromatic rings. The fourth-order valence-corrected chi connectivity index (χ4v) is 2.68. The van der Waals surface area contributed by atoms with E-state index in [-0.39, 0.29) is 18.5 Å². The lowest BCUT2D eigenvalue weighted by Crippen LogP contribution is -2.37. The summed E-state index contributed by atoms with van der Waals surface area (Å²) in [6.45, 7) is 7.06. The maximum Gasteiger partial charge on any atom is 0.234 e. The smallest absolute Gasteiger partial charge is 0.234 e. The molecule has 0 bridgehead atoms. The highest BCUT2D eigenvalue weighted by Crippen LogP contribution is 2.22. The van der Waals surface area contributed by atoms with Crippen LogP contribution in [0.1, 0.15) is 36.7 Å². The molecule has 1 amide bonds. The van der Waals surface area contributed by atoms with Crippen molar-refractivity contribution in [3.8, 4) is 5.75 Å². The van der Waals surface area contributed by atoms with Crippen molar-refractivity contribution < 1.29 is 9.53 Å². The molecule has 0 unspecified atom stereocenters. The lowest BCUT2D eigenvalue weighted by Gasteiger charge is -2.23. The number of aryl methyl sites for hydroxylation is 1. The van der Waals surface area contributed by atoms with Gasteiger partial charge in [-0.15, -0.1) is 0 Å². The van der Waals surface area contributed by atoms with E-state index in [1.165, 1.54) is 0 Å². The molecule has 2 rings (SSSR count). The molecule has 0 spiro atoms. The molecule has 1 aromatic carbocycles. The number of rotatable bonds is 8. The van der Waals surface area contributed by atoms with Crippen LogP contribution in [0.4, 0.5) is 0 Å². The van der Waals surface area contributed by atoms with Crippen LogP contribution in [-0.2, 0) is 11.3 Å². The third kappa shape index (κ3) is 5.57. The molecule has 1 aromatic heterocycles. The summed E-state index contributed by atoms with van der Waals surface area (Å²) in [5.41, 5.74) is 3.17. The van der Waals surface area contributed by atoms with Gasteiger partial charge in [0.1, 0.15) is 5.75 Å². The molecule has 134 valence electrons. The number of pyridine rings is 1. The summed E-state index contributed by atoms with van der Waals surface area (Å²) in [5.74, 6) is 1.11. The zero-order valence-electron chi connectivity index (χ0n) is 15.4. The van der Waals surface area contributed by atoms with Crippen molar-refractivity contribution >= 4 is 5.91 Å². The summed E-state index contributed by atoms with van der Waals surface area (Å²) in [5, 5.41) is 6.27. The van der Waals surface area contributed by atoms with E-state index in [9.17, 15) is 4.79 Å². The van der Waals surface area contributed by atoms with Gasteiger partial charge in [0, 0.05) is 12.7 Å². The fraction of sp³-hybridized carbons (Fsp3) is 0.400. The Balaban J connectivity index is 1.87. The Morgan fingerprint density at radius 1 is 1.20 bits per heavy atom. The molecule has 1 heterocycles. The molecule has 0 aliphatic carbocycles. The van der Waals surface area contributed by atoms with Crippen LogP contribution in [0, 0.1) is 12.8 Å². The van der Waals surface area contributed by atoms with Crippen LogP contribution >= 0.6 is 0 Å². The van der Waals surface area contributed by atoms with Crippen LogP contribution in [0.2, 0.25) is 0 Å². The van der Waals surface area contributed by atoms with Gasteiger partial charge in [0.25, 0.3) is 0 Å². The number of nitrogens with one attached hydrogen (secondary N) is 2. The van der Waals surface area contributed by atoms with Crippen LogP contribution < -0.4 is 15.4 Å². The molecule has 0 aliphatic heterocycles. The van der Waals surface area contributed by atoms with Gasteiger partial charge >= 0.3 is 0 Å². The van der Waals surface area contributed by atoms with Gasteiger partial charge in [0.05, 0.1) is 25.4 Å². The van der Waals surface area contributed by atoms with E-state index in [1.807, 2.05) is 43.3 Å². The Morgan fingerprint density at radius 2 is 1.92 bits per heavy atom. The van der Waals surface area contributed by atoms with E-state index in [2.05, 4.69) is 29.5 Å². The summed E-state index contributed by atoms with van der Waals surface area (Å²) in [4.78, 5) is 16.6. The average molecular weight is 341 g/mol. The average Bonchev–Trinajstić information content (AvgIpc) is 2.61. The number of methoxy groups -OCH3 is 1. The van der Waals surface area contributed by atoms with Crippen molar-refractivity contribution in [3.05, 3.63) is 59.4 Å². The fourth-order valence-electron chi connectivity index (χ4n) is 2.68. The third-order valence-electron chi connectivity index (χ3n) is 4.14. The van der Waals surface area contributed by atoms with E-state index in [1.54, 1.807) is 13.3 Å². The highest BCUT2D eigenvalue weighted by Gasteiger charge is 2.19. The summed E-state index contributed by atoms with van der Waals surface area (Å²) in [6.07, 6.45) is 1.79. The first kappa shape index (κ1) is 18.9. The summed E-state index contributed by atoms with van der Waals surface area (Å²) >= 11 is 0. The molecular formula is C20H27N3O2. The van der Waals surface area contributed by atoms with Gasteiger partial charge < -0.3 is 10.1 Å². The number of hydrogen-bond donors (Lipinski definition) is 2. The Labute approximate surface area is 149 Å². The first-order valence-corrected chi connectivity index (χ1v) is 8.55. The first-order chi connectivity index (χ1) is 12.0. The van der Waals surface area contributed by atoms with Crippen LogP contribution in [0.15, 0.2) is 42.6 Å². The van der Waals surface area contributed by atoms with Gasteiger partial charge in [-0.3, -0.25) is 15.1 Å². The van der Waals surface area contributed by atoms with Gasteiger partial charge in [-0.1, -0.05) is 32.0 Å². The van der Waals surface area contributed by atoms with Crippen LogP contribution in [0.25, 0.3) is 0 Å². The highest BCUT2D eigenvalue weighted by molar-refractivity contribution is 5.78. The standard InChI is InChI=1S/C20H27N3O2/c1-14(2)19(20-15(3)6-5-11-21-20)23-13-18(24)22-12-16-7-9-17(25-4)10-8-16/h5-11,14,19,23H,12-13H2,1-4H3,(H,22,24)/t19-/m1/s1. The van der Waals surface area contributed by atoms with Crippen molar-refractivity contribution in [3.63, 3.8) is 0 Å². The largest absolute Gasteiger partial charge is 0.497 e. The predicted octanol–water partition coefficient (Wildman–Crippen LogP) is 3.00. The molecule has 0 fully saturated rings. The van der Waals surface area contributed by atoms with Crippen molar-refractivity contribution in [2.24, 2.45) is 5.92 Å². The second kappa shape index (κ2) is 9.18. The first-order valence-electron chi connectivity index (χ1n) is 8.55. The Hall–Kier alpha value is -2.40. The minimum atomic E-state index is -0.0324. The molecule has 0 saturated carbocycles. The van der Waals surface area contributed by atoms with E-state index in [0.717, 1.165) is 22.6 Å². The summed E-state index contributed by atoms with van der Waals surface area (Å²) in [7, 11) is 1.64. The van der Waals surface area contributed by atoms with E-state index >= 15 is 0 Å². The van der Waals surface area contributed by atoms with Gasteiger partial charge in [-0.25, -0.2) is 0 Å². The van der Waals surface area contributed by atoms with Gasteiger partial charge in [0.2, 0.25) is 5.91 Å². The molecule has 0 radical (unpaired) electrons. The Kier molecular flexibility index (Phi) is 6.95. The summed E-state index contributed by atoms with van der Waals surface area (Å²) < 4.78 is 5.13. The predicted molar refractivity (Wildman–Crippen MR) is 99.4 cm³/mol. The third-order valence-corrected chi connectivity index (χ3v) is 4.14. The Morgan fingerprint density at radius 3 is 2.52 bits per heavy atom. The lowest BCUT2D eigenvalue weighted by atomic mass is 9.97. The highest BCUT2D eigenvalue weighted by atomic mass is 16.5. The number of benzene rings is 1. The van der Waals surface area contributed by atoms with Crippen molar-refractivity contribution in [1.29, 1.82) is 0 Å². The van der Waals surface area contributed by atoms with Crippen molar-refractivity contribution in [1.82, 2.24) is 15.6 Å². The number of carbonyl (C=O) groups excluding carboxylic acids is 1. The minimum absolute atomic E-state index is 0.0324. The molecule has 1 atom stereocenters. The second-order valence-corrected chi connectivity index (χ2v) is 6.43. The number of aromatic nitrogens is 1.